The van der Waals surface area contributed by atoms with Crippen molar-refractivity contribution in [3.63, 3.8) is 0 Å². The Balaban J connectivity index is 1.37. The lowest BCUT2D eigenvalue weighted by Crippen LogP contribution is -2.51. The van der Waals surface area contributed by atoms with Crippen molar-refractivity contribution in [2.75, 3.05) is 20.3 Å². The third-order valence-corrected chi connectivity index (χ3v) is 8.49. The van der Waals surface area contributed by atoms with E-state index in [0.717, 1.165) is 25.0 Å². The van der Waals surface area contributed by atoms with Gasteiger partial charge in [0.2, 0.25) is 5.91 Å². The molecule has 1 spiro atoms. The molecule has 1 aliphatic carbocycles. The maximum absolute atomic E-state index is 13.7. The van der Waals surface area contributed by atoms with E-state index < -0.39 is 29.3 Å². The molecule has 9 heteroatoms. The number of ether oxygens (including phenoxy) is 2. The summed E-state index contributed by atoms with van der Waals surface area (Å²) in [4.78, 5) is 15.3. The maximum atomic E-state index is 13.7. The van der Waals surface area contributed by atoms with Crippen LogP contribution in [0.2, 0.25) is 0 Å². The topological polar surface area (TPSA) is 71.0 Å². The summed E-state index contributed by atoms with van der Waals surface area (Å²) in [6.45, 7) is 3.33. The molecule has 1 saturated carbocycles. The fourth-order valence-corrected chi connectivity index (χ4v) is 6.67. The van der Waals surface area contributed by atoms with Gasteiger partial charge in [-0.15, -0.1) is 0 Å². The molecule has 182 valence electrons. The van der Waals surface area contributed by atoms with E-state index in [1.54, 1.807) is 12.0 Å². The largest absolute Gasteiger partial charge is 0.416 e. The Morgan fingerprint density at radius 2 is 2.09 bits per heavy atom. The van der Waals surface area contributed by atoms with E-state index in [9.17, 15) is 23.1 Å². The molecule has 7 atom stereocenters. The van der Waals surface area contributed by atoms with Crippen LogP contribution in [0.5, 0.6) is 0 Å². The van der Waals surface area contributed by atoms with Crippen LogP contribution in [0.3, 0.4) is 0 Å². The smallest absolute Gasteiger partial charge is 0.386 e. The molecule has 3 fully saturated rings. The van der Waals surface area contributed by atoms with Gasteiger partial charge in [0.1, 0.15) is 6.10 Å². The number of nitrogens with zero attached hydrogens (tertiary/aromatic N) is 1. The Kier molecular flexibility index (Phi) is 5.75. The minimum absolute atomic E-state index is 0.0301. The minimum atomic E-state index is -4.46. The molecule has 33 heavy (non-hydrogen) atoms. The van der Waals surface area contributed by atoms with Crippen molar-refractivity contribution >= 4 is 5.91 Å². The van der Waals surface area contributed by atoms with Crippen LogP contribution in [0.1, 0.15) is 55.4 Å². The predicted molar refractivity (Wildman–Crippen MR) is 113 cm³/mol. The lowest BCUT2D eigenvalue weighted by molar-refractivity contribution is -0.139. The Labute approximate surface area is 191 Å². The van der Waals surface area contributed by atoms with Crippen LogP contribution >= 0.6 is 0 Å². The molecule has 2 N–H and O–H groups in total. The zero-order chi connectivity index (χ0) is 23.5. The molecule has 0 radical (unpaired) electrons. The highest BCUT2D eigenvalue weighted by atomic mass is 19.4. The van der Waals surface area contributed by atoms with Crippen LogP contribution in [-0.2, 0) is 27.0 Å². The van der Waals surface area contributed by atoms with E-state index in [0.29, 0.717) is 37.2 Å². The van der Waals surface area contributed by atoms with Gasteiger partial charge in [-0.3, -0.25) is 4.79 Å². The second-order valence-electron chi connectivity index (χ2n) is 10.1. The maximum Gasteiger partial charge on any atom is 0.416 e. The number of nitrogens with one attached hydrogen (secondary N) is 1. The molecule has 6 nitrogen and oxygen atoms in total. The van der Waals surface area contributed by atoms with Gasteiger partial charge in [0.25, 0.3) is 0 Å². The van der Waals surface area contributed by atoms with Crippen molar-refractivity contribution in [3.8, 4) is 0 Å². The monoisotopic (exact) mass is 468 g/mol. The minimum Gasteiger partial charge on any atom is -0.386 e. The molecule has 1 aromatic carbocycles. The second-order valence-corrected chi connectivity index (χ2v) is 10.1. The van der Waals surface area contributed by atoms with E-state index in [1.807, 2.05) is 6.92 Å². The molecule has 4 aliphatic rings. The number of carbonyl (C=O) groups excluding carboxylic acids is 1. The number of methoxy groups -OCH3 is 1. The average molecular weight is 469 g/mol. The van der Waals surface area contributed by atoms with E-state index in [1.165, 1.54) is 6.07 Å². The van der Waals surface area contributed by atoms with Crippen molar-refractivity contribution in [1.82, 2.24) is 10.2 Å². The number of hydrogen-bond donors (Lipinski definition) is 2. The normalized spacial score (nSPS) is 38.6. The van der Waals surface area contributed by atoms with Crippen molar-refractivity contribution in [1.29, 1.82) is 0 Å². The summed E-state index contributed by atoms with van der Waals surface area (Å²) in [6, 6.07) is 3.35. The van der Waals surface area contributed by atoms with Crippen molar-refractivity contribution in [3.05, 3.63) is 34.9 Å². The van der Waals surface area contributed by atoms with Gasteiger partial charge in [-0.1, -0.05) is 13.0 Å². The highest BCUT2D eigenvalue weighted by molar-refractivity contribution is 5.87. The molecule has 3 heterocycles. The van der Waals surface area contributed by atoms with Gasteiger partial charge in [0.05, 0.1) is 29.7 Å². The van der Waals surface area contributed by atoms with Crippen molar-refractivity contribution in [2.24, 2.45) is 11.3 Å². The number of alkyl halides is 3. The first kappa shape index (κ1) is 23.1. The van der Waals surface area contributed by atoms with Crippen LogP contribution in [0.4, 0.5) is 13.2 Å². The Bertz CT molecular complexity index is 925. The third-order valence-electron chi connectivity index (χ3n) is 8.49. The molecule has 0 aromatic heterocycles. The summed E-state index contributed by atoms with van der Waals surface area (Å²) in [5.41, 5.74) is -0.482. The SMILES string of the molecule is CO[C@@H]1COCC[C@@H]1N[C@@H]1CC[C@@]2(C1)C(=O)N1Cc3cc(C(F)(F)F)ccc3[C@H](O)C1C2C. The molecular weight excluding hydrogens is 437 g/mol. The summed E-state index contributed by atoms with van der Waals surface area (Å²) < 4.78 is 50.7. The number of aliphatic hydroxyl groups is 1. The van der Waals surface area contributed by atoms with Gasteiger partial charge >= 0.3 is 6.18 Å². The number of amides is 1. The summed E-state index contributed by atoms with van der Waals surface area (Å²) in [7, 11) is 1.67. The first-order valence-corrected chi connectivity index (χ1v) is 11.7. The molecule has 5 rings (SSSR count). The Hall–Kier alpha value is -1.68. The van der Waals surface area contributed by atoms with Gasteiger partial charge < -0.3 is 24.8 Å². The second kappa shape index (κ2) is 8.22. The average Bonchev–Trinajstić information content (AvgIpc) is 3.30. The summed E-state index contributed by atoms with van der Waals surface area (Å²) in [6.07, 6.45) is -2.44. The first-order chi connectivity index (χ1) is 15.7. The van der Waals surface area contributed by atoms with Gasteiger partial charge in [0.15, 0.2) is 0 Å². The van der Waals surface area contributed by atoms with E-state index in [2.05, 4.69) is 5.32 Å². The van der Waals surface area contributed by atoms with E-state index in [4.69, 9.17) is 9.47 Å². The van der Waals surface area contributed by atoms with E-state index in [-0.39, 0.29) is 36.6 Å². The number of aliphatic hydroxyl groups excluding tert-OH is 1. The highest BCUT2D eigenvalue weighted by Crippen LogP contribution is 2.56. The number of carbonyl (C=O) groups is 1. The van der Waals surface area contributed by atoms with Gasteiger partial charge in [-0.2, -0.15) is 13.2 Å². The lowest BCUT2D eigenvalue weighted by Gasteiger charge is -2.37. The standard InChI is InChI=1S/C24H31F3N2O4/c1-13-20-21(30)17-4-3-15(24(25,26)27)9-14(17)11-29(20)22(31)23(13)7-5-16(10-23)28-18-6-8-33-12-19(18)32-2/h3-4,9,13,16,18-21,28,30H,5-8,10-12H2,1-2H3/t13?,16-,18+,19-,20?,21+,23+/m1/s1. The van der Waals surface area contributed by atoms with Gasteiger partial charge in [-0.25, -0.2) is 0 Å². The van der Waals surface area contributed by atoms with Crippen LogP contribution < -0.4 is 5.32 Å². The van der Waals surface area contributed by atoms with Crippen LogP contribution in [0.25, 0.3) is 0 Å². The Morgan fingerprint density at radius 3 is 2.82 bits per heavy atom. The molecule has 2 unspecified atom stereocenters. The predicted octanol–water partition coefficient (Wildman–Crippen LogP) is 3.03. The lowest BCUT2D eigenvalue weighted by atomic mass is 9.72. The number of hydrogen-bond acceptors (Lipinski definition) is 5. The summed E-state index contributed by atoms with van der Waals surface area (Å²) in [5.74, 6) is -0.142. The van der Waals surface area contributed by atoms with Crippen molar-refractivity contribution < 1.29 is 32.5 Å². The van der Waals surface area contributed by atoms with Gasteiger partial charge in [0, 0.05) is 32.3 Å². The Morgan fingerprint density at radius 1 is 1.30 bits per heavy atom. The molecular formula is C24H31F3N2O4. The summed E-state index contributed by atoms with van der Waals surface area (Å²) >= 11 is 0. The molecule has 1 amide bonds. The third kappa shape index (κ3) is 3.68. The number of rotatable bonds is 3. The molecule has 1 aromatic rings. The van der Waals surface area contributed by atoms with Crippen LogP contribution in [0.15, 0.2) is 18.2 Å². The number of halogens is 3. The fraction of sp³-hybridized carbons (Fsp3) is 0.708. The van der Waals surface area contributed by atoms with Crippen molar-refractivity contribution in [2.45, 2.75) is 75.7 Å². The zero-order valence-electron chi connectivity index (χ0n) is 18.9. The quantitative estimate of drug-likeness (QED) is 0.714. The zero-order valence-corrected chi connectivity index (χ0v) is 18.9. The fourth-order valence-electron chi connectivity index (χ4n) is 6.67. The number of benzene rings is 1. The summed E-state index contributed by atoms with van der Waals surface area (Å²) in [5, 5.41) is 14.8. The first-order valence-electron chi connectivity index (χ1n) is 11.7. The van der Waals surface area contributed by atoms with Crippen LogP contribution in [0, 0.1) is 11.3 Å². The molecule has 2 saturated heterocycles. The van der Waals surface area contributed by atoms with Gasteiger partial charge in [-0.05, 0) is 54.9 Å². The highest BCUT2D eigenvalue weighted by Gasteiger charge is 2.62. The van der Waals surface area contributed by atoms with E-state index >= 15 is 0 Å². The van der Waals surface area contributed by atoms with Crippen LogP contribution in [-0.4, -0.2) is 60.5 Å². The molecule has 0 bridgehead atoms. The molecule has 3 aliphatic heterocycles. The number of fused-ring (bicyclic) bond motifs is 2.